The molecule has 0 saturated heterocycles. The van der Waals surface area contributed by atoms with E-state index in [-0.39, 0.29) is 18.6 Å². The summed E-state index contributed by atoms with van der Waals surface area (Å²) in [6, 6.07) is 7.47. The molecule has 4 nitrogen and oxygen atoms in total. The molecule has 0 radical (unpaired) electrons. The number of rotatable bonds is 3. The van der Waals surface area contributed by atoms with Crippen LogP contribution in [0.4, 0.5) is 0 Å². The number of benzene rings is 1. The van der Waals surface area contributed by atoms with E-state index in [1.165, 1.54) is 11.3 Å². The fourth-order valence-electron chi connectivity index (χ4n) is 1.84. The second-order valence-electron chi connectivity index (χ2n) is 4.52. The molecule has 0 aliphatic heterocycles. The first kappa shape index (κ1) is 15.2. The number of thiazole rings is 1. The van der Waals surface area contributed by atoms with E-state index in [1.807, 2.05) is 38.1 Å². The van der Waals surface area contributed by atoms with E-state index in [0.29, 0.717) is 4.88 Å². The van der Waals surface area contributed by atoms with Crippen LogP contribution in [0.3, 0.4) is 0 Å². The van der Waals surface area contributed by atoms with E-state index in [9.17, 15) is 4.79 Å². The van der Waals surface area contributed by atoms with Crippen LogP contribution in [0.2, 0.25) is 0 Å². The van der Waals surface area contributed by atoms with E-state index in [2.05, 4.69) is 22.1 Å². The molecular formula is C16H16N2O2S. The first-order valence-corrected chi connectivity index (χ1v) is 7.35. The number of hydrogen-bond acceptors (Lipinski definition) is 4. The minimum absolute atomic E-state index is 0.125. The second kappa shape index (κ2) is 7.02. The summed E-state index contributed by atoms with van der Waals surface area (Å²) < 4.78 is 0. The van der Waals surface area contributed by atoms with Crippen molar-refractivity contribution in [3.05, 3.63) is 51.5 Å². The number of aryl methyl sites for hydroxylation is 1. The van der Waals surface area contributed by atoms with Crippen LogP contribution in [0.15, 0.2) is 30.5 Å². The van der Waals surface area contributed by atoms with Crippen LogP contribution in [0, 0.1) is 18.8 Å². The number of amides is 1. The average Bonchev–Trinajstić information content (AvgIpc) is 2.92. The maximum absolute atomic E-state index is 12.1. The topological polar surface area (TPSA) is 62.2 Å². The van der Waals surface area contributed by atoms with E-state index in [0.717, 1.165) is 16.1 Å². The summed E-state index contributed by atoms with van der Waals surface area (Å²) in [5, 5.41) is 12.5. The Morgan fingerprint density at radius 3 is 3.00 bits per heavy atom. The zero-order valence-electron chi connectivity index (χ0n) is 11.9. The first-order valence-electron chi connectivity index (χ1n) is 6.53. The van der Waals surface area contributed by atoms with Gasteiger partial charge < -0.3 is 10.4 Å². The lowest BCUT2D eigenvalue weighted by Gasteiger charge is -2.13. The van der Waals surface area contributed by atoms with Gasteiger partial charge in [-0.05, 0) is 31.5 Å². The summed E-state index contributed by atoms with van der Waals surface area (Å²) in [5.41, 5.74) is 1.78. The Bertz CT molecular complexity index is 698. The summed E-state index contributed by atoms with van der Waals surface area (Å²) in [4.78, 5) is 16.8. The van der Waals surface area contributed by atoms with Gasteiger partial charge in [-0.2, -0.15) is 0 Å². The van der Waals surface area contributed by atoms with Crippen molar-refractivity contribution < 1.29 is 9.90 Å². The van der Waals surface area contributed by atoms with Crippen LogP contribution in [0.5, 0.6) is 0 Å². The SMILES string of the molecule is Cc1ncc(C(=O)NC(C)c2cccc(C#CCO)c2)s1. The van der Waals surface area contributed by atoms with Gasteiger partial charge in [0.05, 0.1) is 17.2 Å². The molecule has 0 saturated carbocycles. The van der Waals surface area contributed by atoms with Gasteiger partial charge in [0, 0.05) is 5.56 Å². The van der Waals surface area contributed by atoms with Crippen molar-refractivity contribution in [2.24, 2.45) is 0 Å². The number of aliphatic hydroxyl groups is 1. The third-order valence-corrected chi connectivity index (χ3v) is 3.80. The summed E-state index contributed by atoms with van der Waals surface area (Å²) in [7, 11) is 0. The van der Waals surface area contributed by atoms with Gasteiger partial charge in [0.25, 0.3) is 5.91 Å². The standard InChI is InChI=1S/C16H16N2O2S/c1-11(18-16(20)15-10-17-12(2)21-15)14-7-3-5-13(9-14)6-4-8-19/h3,5,7,9-11,19H,8H2,1-2H3,(H,18,20). The maximum atomic E-state index is 12.1. The quantitative estimate of drug-likeness (QED) is 0.855. The molecule has 0 aliphatic rings. The monoisotopic (exact) mass is 300 g/mol. The van der Waals surface area contributed by atoms with Crippen molar-refractivity contribution in [2.75, 3.05) is 6.61 Å². The molecule has 1 aromatic heterocycles. The lowest BCUT2D eigenvalue weighted by molar-refractivity contribution is 0.0944. The number of carbonyl (C=O) groups is 1. The minimum atomic E-state index is -0.165. The van der Waals surface area contributed by atoms with Gasteiger partial charge in [-0.1, -0.05) is 24.0 Å². The van der Waals surface area contributed by atoms with Crippen molar-refractivity contribution in [2.45, 2.75) is 19.9 Å². The lowest BCUT2D eigenvalue weighted by Crippen LogP contribution is -2.25. The number of nitrogens with one attached hydrogen (secondary N) is 1. The van der Waals surface area contributed by atoms with Crippen molar-refractivity contribution in [3.8, 4) is 11.8 Å². The van der Waals surface area contributed by atoms with Crippen LogP contribution >= 0.6 is 11.3 Å². The van der Waals surface area contributed by atoms with Crippen LogP contribution < -0.4 is 5.32 Å². The smallest absolute Gasteiger partial charge is 0.263 e. The van der Waals surface area contributed by atoms with Gasteiger partial charge in [0.1, 0.15) is 11.5 Å². The van der Waals surface area contributed by atoms with Crippen molar-refractivity contribution in [3.63, 3.8) is 0 Å². The highest BCUT2D eigenvalue weighted by molar-refractivity contribution is 7.13. The Morgan fingerprint density at radius 1 is 1.52 bits per heavy atom. The fourth-order valence-corrected chi connectivity index (χ4v) is 2.53. The molecule has 2 rings (SSSR count). The normalized spacial score (nSPS) is 11.4. The highest BCUT2D eigenvalue weighted by Gasteiger charge is 2.13. The average molecular weight is 300 g/mol. The number of aliphatic hydroxyl groups excluding tert-OH is 1. The largest absolute Gasteiger partial charge is 0.384 e. The molecule has 1 heterocycles. The van der Waals surface area contributed by atoms with Crippen LogP contribution in [0.1, 0.15) is 38.8 Å². The molecule has 5 heteroatoms. The molecule has 1 amide bonds. The Labute approximate surface area is 127 Å². The summed E-state index contributed by atoms with van der Waals surface area (Å²) in [6.07, 6.45) is 1.59. The molecule has 2 aromatic rings. The Balaban J connectivity index is 2.09. The Kier molecular flexibility index (Phi) is 5.09. The molecule has 0 aliphatic carbocycles. The number of aromatic nitrogens is 1. The minimum Gasteiger partial charge on any atom is -0.384 e. The molecule has 0 bridgehead atoms. The second-order valence-corrected chi connectivity index (χ2v) is 5.76. The zero-order valence-corrected chi connectivity index (χ0v) is 12.7. The van der Waals surface area contributed by atoms with Gasteiger partial charge in [0.15, 0.2) is 0 Å². The summed E-state index contributed by atoms with van der Waals surface area (Å²) in [5.74, 6) is 5.34. The maximum Gasteiger partial charge on any atom is 0.263 e. The highest BCUT2D eigenvalue weighted by atomic mass is 32.1. The Hall–Kier alpha value is -2.16. The van der Waals surface area contributed by atoms with E-state index >= 15 is 0 Å². The van der Waals surface area contributed by atoms with Crippen molar-refractivity contribution >= 4 is 17.2 Å². The number of hydrogen-bond donors (Lipinski definition) is 2. The van der Waals surface area contributed by atoms with Crippen LogP contribution in [-0.4, -0.2) is 22.6 Å². The third-order valence-electron chi connectivity index (χ3n) is 2.89. The van der Waals surface area contributed by atoms with Gasteiger partial charge >= 0.3 is 0 Å². The summed E-state index contributed by atoms with van der Waals surface area (Å²) in [6.45, 7) is 3.62. The molecule has 0 fully saturated rings. The molecule has 2 N–H and O–H groups in total. The fraction of sp³-hybridized carbons (Fsp3) is 0.250. The predicted molar refractivity (Wildman–Crippen MR) is 83.1 cm³/mol. The van der Waals surface area contributed by atoms with Gasteiger partial charge in [-0.15, -0.1) is 11.3 Å². The van der Waals surface area contributed by atoms with Gasteiger partial charge in [0.2, 0.25) is 0 Å². The van der Waals surface area contributed by atoms with Crippen molar-refractivity contribution in [1.82, 2.24) is 10.3 Å². The lowest BCUT2D eigenvalue weighted by atomic mass is 10.1. The molecule has 1 unspecified atom stereocenters. The molecular weight excluding hydrogens is 284 g/mol. The Morgan fingerprint density at radius 2 is 2.33 bits per heavy atom. The van der Waals surface area contributed by atoms with Crippen LogP contribution in [-0.2, 0) is 0 Å². The molecule has 1 aromatic carbocycles. The van der Waals surface area contributed by atoms with E-state index in [1.54, 1.807) is 6.20 Å². The summed E-state index contributed by atoms with van der Waals surface area (Å²) >= 11 is 1.37. The zero-order chi connectivity index (χ0) is 15.2. The molecule has 0 spiro atoms. The van der Waals surface area contributed by atoms with Crippen LogP contribution in [0.25, 0.3) is 0 Å². The van der Waals surface area contributed by atoms with Crippen molar-refractivity contribution in [1.29, 1.82) is 0 Å². The van der Waals surface area contributed by atoms with Gasteiger partial charge in [-0.3, -0.25) is 4.79 Å². The van der Waals surface area contributed by atoms with Gasteiger partial charge in [-0.25, -0.2) is 4.98 Å². The molecule has 1 atom stereocenters. The van der Waals surface area contributed by atoms with E-state index in [4.69, 9.17) is 5.11 Å². The number of carbonyl (C=O) groups excluding carboxylic acids is 1. The molecule has 21 heavy (non-hydrogen) atoms. The highest BCUT2D eigenvalue weighted by Crippen LogP contribution is 2.17. The molecule has 108 valence electrons. The number of nitrogens with zero attached hydrogens (tertiary/aromatic N) is 1. The third kappa shape index (κ3) is 4.15. The van der Waals surface area contributed by atoms with E-state index < -0.39 is 0 Å². The first-order chi connectivity index (χ1) is 10.1. The predicted octanol–water partition coefficient (Wildman–Crippen LogP) is 2.29.